The minimum Gasteiger partial charge on any atom is -0.497 e. The van der Waals surface area contributed by atoms with Crippen LogP contribution in [0.1, 0.15) is 5.56 Å². The summed E-state index contributed by atoms with van der Waals surface area (Å²) in [5, 5.41) is 8.02. The molecule has 1 heterocycles. The first kappa shape index (κ1) is 16.5. The zero-order valence-electron chi connectivity index (χ0n) is 13.0. The lowest BCUT2D eigenvalue weighted by atomic mass is 10.2. The Labute approximate surface area is 140 Å². The van der Waals surface area contributed by atoms with Crippen LogP contribution in [0.4, 0.5) is 4.39 Å². The third-order valence-corrected chi connectivity index (χ3v) is 4.23. The van der Waals surface area contributed by atoms with Crippen LogP contribution < -0.4 is 4.74 Å². The van der Waals surface area contributed by atoms with Gasteiger partial charge in [0.15, 0.2) is 0 Å². The molecule has 1 aromatic heterocycles. The van der Waals surface area contributed by atoms with Crippen molar-refractivity contribution in [3.63, 3.8) is 0 Å². The van der Waals surface area contributed by atoms with Gasteiger partial charge in [-0.3, -0.25) is 4.55 Å². The van der Waals surface area contributed by atoms with E-state index in [1.165, 1.54) is 22.1 Å². The van der Waals surface area contributed by atoms with Crippen molar-refractivity contribution in [1.29, 1.82) is 0 Å². The zero-order chi connectivity index (χ0) is 17.3. The molecule has 0 aliphatic rings. The van der Waals surface area contributed by atoms with E-state index >= 15 is 0 Å². The number of benzene rings is 2. The first-order valence-corrected chi connectivity index (χ1v) is 8.06. The Morgan fingerprint density at radius 1 is 1.33 bits per heavy atom. The Balaban J connectivity index is 1.97. The molecule has 1 unspecified atom stereocenters. The van der Waals surface area contributed by atoms with Crippen molar-refractivity contribution in [2.24, 2.45) is 0 Å². The van der Waals surface area contributed by atoms with E-state index in [2.05, 4.69) is 10.3 Å². The van der Waals surface area contributed by atoms with Crippen molar-refractivity contribution in [1.82, 2.24) is 19.3 Å². The van der Waals surface area contributed by atoms with Gasteiger partial charge < -0.3 is 4.74 Å². The van der Waals surface area contributed by atoms with Crippen LogP contribution in [0.5, 0.6) is 5.75 Å². The normalized spacial score (nSPS) is 12.7. The molecular weight excluding hydrogens is 335 g/mol. The van der Waals surface area contributed by atoms with Gasteiger partial charge in [0.1, 0.15) is 22.8 Å². The summed E-state index contributed by atoms with van der Waals surface area (Å²) in [7, 11) is 3.03. The molecule has 0 aliphatic heterocycles. The van der Waals surface area contributed by atoms with Crippen molar-refractivity contribution in [3.8, 4) is 11.4 Å². The number of hydrogen-bond acceptors (Lipinski definition) is 4. The van der Waals surface area contributed by atoms with E-state index in [4.69, 9.17) is 9.29 Å². The lowest BCUT2D eigenvalue weighted by Crippen LogP contribution is -2.19. The summed E-state index contributed by atoms with van der Waals surface area (Å²) in [6.07, 6.45) is 0. The molecule has 3 aromatic rings. The highest BCUT2D eigenvalue weighted by molar-refractivity contribution is 7.76. The maximum atomic E-state index is 14.5. The number of ether oxygens (including phenoxy) is 1. The average Bonchev–Trinajstić information content (AvgIpc) is 2.97. The summed E-state index contributed by atoms with van der Waals surface area (Å²) in [5.74, 6) is 0.151. The maximum Gasteiger partial charge on any atom is 0.234 e. The fourth-order valence-corrected chi connectivity index (χ4v) is 2.60. The van der Waals surface area contributed by atoms with Gasteiger partial charge in [-0.05, 0) is 29.8 Å². The van der Waals surface area contributed by atoms with Gasteiger partial charge in [0, 0.05) is 19.7 Å². The lowest BCUT2D eigenvalue weighted by Gasteiger charge is -2.12. The van der Waals surface area contributed by atoms with Crippen LogP contribution in [-0.2, 0) is 17.8 Å². The summed E-state index contributed by atoms with van der Waals surface area (Å²) < 4.78 is 42.1. The van der Waals surface area contributed by atoms with E-state index in [1.807, 2.05) is 0 Å². The number of rotatable bonds is 5. The van der Waals surface area contributed by atoms with Crippen molar-refractivity contribution in [2.45, 2.75) is 6.54 Å². The van der Waals surface area contributed by atoms with Crippen molar-refractivity contribution in [3.05, 3.63) is 47.8 Å². The van der Waals surface area contributed by atoms with Gasteiger partial charge in [-0.2, -0.15) is 4.31 Å². The molecule has 126 valence electrons. The SMILES string of the molecule is COc1ccc2c(c1)nnn2-c1ccc(CN(C)S(=O)O)cc1F. The smallest absolute Gasteiger partial charge is 0.234 e. The number of methoxy groups -OCH3 is 1. The lowest BCUT2D eigenvalue weighted by molar-refractivity contribution is 0.415. The van der Waals surface area contributed by atoms with Gasteiger partial charge in [-0.15, -0.1) is 5.10 Å². The Morgan fingerprint density at radius 2 is 2.12 bits per heavy atom. The predicted octanol–water partition coefficient (Wildman–Crippen LogP) is 2.14. The molecule has 24 heavy (non-hydrogen) atoms. The Hall–Kier alpha value is -2.36. The van der Waals surface area contributed by atoms with Crippen LogP contribution in [0.3, 0.4) is 0 Å². The topological polar surface area (TPSA) is 80.5 Å². The minimum atomic E-state index is -2.10. The van der Waals surface area contributed by atoms with Crippen LogP contribution in [0.2, 0.25) is 0 Å². The molecule has 2 aromatic carbocycles. The summed E-state index contributed by atoms with van der Waals surface area (Å²) in [6.45, 7) is 0.148. The molecule has 9 heteroatoms. The van der Waals surface area contributed by atoms with Crippen LogP contribution in [0.15, 0.2) is 36.4 Å². The molecule has 1 N–H and O–H groups in total. The number of fused-ring (bicyclic) bond motifs is 1. The summed E-state index contributed by atoms with van der Waals surface area (Å²) in [4.78, 5) is 0. The Kier molecular flexibility index (Phi) is 4.56. The van der Waals surface area contributed by atoms with Gasteiger partial charge in [0.2, 0.25) is 11.3 Å². The second-order valence-electron chi connectivity index (χ2n) is 5.16. The molecule has 0 bridgehead atoms. The van der Waals surface area contributed by atoms with E-state index in [-0.39, 0.29) is 12.2 Å². The Morgan fingerprint density at radius 3 is 2.79 bits per heavy atom. The largest absolute Gasteiger partial charge is 0.497 e. The highest BCUT2D eigenvalue weighted by Crippen LogP contribution is 2.23. The molecule has 0 fully saturated rings. The second-order valence-corrected chi connectivity index (χ2v) is 6.24. The fourth-order valence-electron chi connectivity index (χ4n) is 2.34. The molecule has 7 nitrogen and oxygen atoms in total. The molecule has 0 aliphatic carbocycles. The first-order chi connectivity index (χ1) is 11.5. The van der Waals surface area contributed by atoms with Crippen LogP contribution in [-0.4, -0.2) is 42.2 Å². The van der Waals surface area contributed by atoms with Gasteiger partial charge in [0.25, 0.3) is 0 Å². The third-order valence-electron chi connectivity index (χ3n) is 3.56. The average molecular weight is 350 g/mol. The van der Waals surface area contributed by atoms with Crippen LogP contribution >= 0.6 is 0 Å². The maximum absolute atomic E-state index is 14.5. The second kappa shape index (κ2) is 6.63. The Bertz CT molecular complexity index is 915. The molecule has 3 rings (SSSR count). The van der Waals surface area contributed by atoms with E-state index in [1.54, 1.807) is 37.4 Å². The number of nitrogens with zero attached hydrogens (tertiary/aromatic N) is 4. The monoisotopic (exact) mass is 350 g/mol. The molecule has 0 spiro atoms. The van der Waals surface area contributed by atoms with Crippen molar-refractivity contribution in [2.75, 3.05) is 14.2 Å². The number of aromatic nitrogens is 3. The number of hydrogen-bond donors (Lipinski definition) is 1. The molecule has 0 saturated heterocycles. The molecule has 0 saturated carbocycles. The quantitative estimate of drug-likeness (QED) is 0.713. The molecule has 0 amide bonds. The minimum absolute atomic E-state index is 0.148. The van der Waals surface area contributed by atoms with Gasteiger partial charge in [-0.1, -0.05) is 11.3 Å². The van der Waals surface area contributed by atoms with E-state index in [9.17, 15) is 8.60 Å². The van der Waals surface area contributed by atoms with Crippen LogP contribution in [0, 0.1) is 5.82 Å². The predicted molar refractivity (Wildman–Crippen MR) is 87.6 cm³/mol. The molecule has 1 atom stereocenters. The standard InChI is InChI=1S/C15H15FN4O3S/c1-19(24(21)22)9-10-3-5-14(12(16)7-10)20-15-6-4-11(23-2)8-13(15)17-18-20/h3-8H,9H2,1-2H3,(H,21,22). The number of halogens is 1. The first-order valence-electron chi connectivity index (χ1n) is 7.00. The van der Waals surface area contributed by atoms with Gasteiger partial charge >= 0.3 is 0 Å². The summed E-state index contributed by atoms with van der Waals surface area (Å²) in [6, 6.07) is 9.78. The van der Waals surface area contributed by atoms with Gasteiger partial charge in [-0.25, -0.2) is 13.3 Å². The van der Waals surface area contributed by atoms with Crippen molar-refractivity contribution >= 4 is 22.3 Å². The fraction of sp³-hybridized carbons (Fsp3) is 0.200. The van der Waals surface area contributed by atoms with Crippen molar-refractivity contribution < 1.29 is 17.9 Å². The highest BCUT2D eigenvalue weighted by Gasteiger charge is 2.13. The van der Waals surface area contributed by atoms with E-state index in [0.29, 0.717) is 22.3 Å². The van der Waals surface area contributed by atoms with Crippen LogP contribution in [0.25, 0.3) is 16.7 Å². The zero-order valence-corrected chi connectivity index (χ0v) is 13.8. The molecule has 0 radical (unpaired) electrons. The van der Waals surface area contributed by atoms with E-state index in [0.717, 1.165) is 0 Å². The third kappa shape index (κ3) is 3.14. The highest BCUT2D eigenvalue weighted by atomic mass is 32.2. The molecular formula is C15H15FN4O3S. The van der Waals surface area contributed by atoms with E-state index < -0.39 is 17.1 Å². The summed E-state index contributed by atoms with van der Waals surface area (Å²) in [5.41, 5.74) is 2.07. The van der Waals surface area contributed by atoms with Gasteiger partial charge in [0.05, 0.1) is 12.6 Å². The summed E-state index contributed by atoms with van der Waals surface area (Å²) >= 11 is -2.10.